The van der Waals surface area contributed by atoms with Crippen molar-refractivity contribution in [3.63, 3.8) is 0 Å². The standard InChI is InChI=1S/C10H12N2S/c1-2-7-12-10-6-4-3-5-9(10)8-11-13-12/h3-6,8H,2,7H2,1H3. The summed E-state index contributed by atoms with van der Waals surface area (Å²) in [6.07, 6.45) is 3.07. The lowest BCUT2D eigenvalue weighted by Gasteiger charge is -2.24. The van der Waals surface area contributed by atoms with Gasteiger partial charge in [-0.2, -0.15) is 0 Å². The molecule has 1 aliphatic rings. The zero-order valence-corrected chi connectivity index (χ0v) is 8.42. The monoisotopic (exact) mass is 192 g/mol. The van der Waals surface area contributed by atoms with Gasteiger partial charge in [-0.1, -0.05) is 25.1 Å². The summed E-state index contributed by atoms with van der Waals surface area (Å²) in [4.78, 5) is 0. The number of nitrogens with zero attached hydrogens (tertiary/aromatic N) is 2. The van der Waals surface area contributed by atoms with E-state index in [4.69, 9.17) is 0 Å². The van der Waals surface area contributed by atoms with Gasteiger partial charge < -0.3 is 0 Å². The molecule has 1 aromatic rings. The summed E-state index contributed by atoms with van der Waals surface area (Å²) in [6.45, 7) is 3.24. The molecule has 0 amide bonds. The maximum absolute atomic E-state index is 4.24. The smallest absolute Gasteiger partial charge is 0.0930 e. The third-order valence-electron chi connectivity index (χ3n) is 1.97. The van der Waals surface area contributed by atoms with E-state index >= 15 is 0 Å². The van der Waals surface area contributed by atoms with Crippen molar-refractivity contribution in [2.75, 3.05) is 10.8 Å². The first-order valence-corrected chi connectivity index (χ1v) is 5.22. The molecule has 0 atom stereocenters. The number of para-hydroxylation sites is 1. The second-order valence-corrected chi connectivity index (χ2v) is 3.79. The van der Waals surface area contributed by atoms with Crippen LogP contribution in [0.2, 0.25) is 0 Å². The van der Waals surface area contributed by atoms with E-state index in [1.807, 2.05) is 12.3 Å². The maximum atomic E-state index is 4.24. The Kier molecular flexibility index (Phi) is 2.54. The Hall–Kier alpha value is -0.960. The van der Waals surface area contributed by atoms with Gasteiger partial charge in [0, 0.05) is 18.3 Å². The van der Waals surface area contributed by atoms with E-state index in [0.717, 1.165) is 13.0 Å². The molecule has 0 aromatic heterocycles. The van der Waals surface area contributed by atoms with Gasteiger partial charge in [0.25, 0.3) is 0 Å². The number of hydrogen-bond acceptors (Lipinski definition) is 3. The van der Waals surface area contributed by atoms with Gasteiger partial charge in [-0.05, 0) is 12.5 Å². The van der Waals surface area contributed by atoms with Crippen molar-refractivity contribution in [3.05, 3.63) is 29.8 Å². The van der Waals surface area contributed by atoms with E-state index in [1.54, 1.807) is 0 Å². The minimum Gasteiger partial charge on any atom is -0.297 e. The highest BCUT2D eigenvalue weighted by atomic mass is 32.2. The molecular weight excluding hydrogens is 180 g/mol. The SMILES string of the molecule is CCCN1SN=Cc2ccccc21. The lowest BCUT2D eigenvalue weighted by Crippen LogP contribution is -2.18. The predicted molar refractivity (Wildman–Crippen MR) is 59.3 cm³/mol. The molecule has 0 N–H and O–H groups in total. The fraction of sp³-hybridized carbons (Fsp3) is 0.300. The first-order chi connectivity index (χ1) is 6.42. The Morgan fingerprint density at radius 3 is 3.08 bits per heavy atom. The molecule has 13 heavy (non-hydrogen) atoms. The molecular formula is C10H12N2S. The highest BCUT2D eigenvalue weighted by Gasteiger charge is 2.12. The topological polar surface area (TPSA) is 15.6 Å². The molecule has 1 heterocycles. The van der Waals surface area contributed by atoms with Crippen LogP contribution in [0.3, 0.4) is 0 Å². The zero-order valence-electron chi connectivity index (χ0n) is 7.60. The quantitative estimate of drug-likeness (QED) is 0.669. The van der Waals surface area contributed by atoms with Crippen LogP contribution >= 0.6 is 12.1 Å². The minimum absolute atomic E-state index is 1.05. The van der Waals surface area contributed by atoms with Crippen molar-refractivity contribution in [1.29, 1.82) is 0 Å². The van der Waals surface area contributed by atoms with E-state index in [0.29, 0.717) is 0 Å². The van der Waals surface area contributed by atoms with Crippen molar-refractivity contribution in [2.45, 2.75) is 13.3 Å². The highest BCUT2D eigenvalue weighted by Crippen LogP contribution is 2.30. The molecule has 0 aliphatic carbocycles. The molecule has 1 aromatic carbocycles. The normalized spacial score (nSPS) is 14.4. The van der Waals surface area contributed by atoms with Crippen molar-refractivity contribution in [2.24, 2.45) is 4.40 Å². The van der Waals surface area contributed by atoms with Crippen LogP contribution in [0.15, 0.2) is 28.7 Å². The third kappa shape index (κ3) is 1.70. The van der Waals surface area contributed by atoms with Crippen molar-refractivity contribution >= 4 is 24.0 Å². The van der Waals surface area contributed by atoms with E-state index in [9.17, 15) is 0 Å². The molecule has 2 rings (SSSR count). The van der Waals surface area contributed by atoms with Gasteiger partial charge >= 0.3 is 0 Å². The van der Waals surface area contributed by atoms with Gasteiger partial charge in [0.1, 0.15) is 0 Å². The molecule has 68 valence electrons. The van der Waals surface area contributed by atoms with Crippen LogP contribution in [-0.2, 0) is 0 Å². The van der Waals surface area contributed by atoms with Crippen LogP contribution in [0.5, 0.6) is 0 Å². The highest BCUT2D eigenvalue weighted by molar-refractivity contribution is 7.99. The van der Waals surface area contributed by atoms with E-state index in [2.05, 4.69) is 33.8 Å². The summed E-state index contributed by atoms with van der Waals surface area (Å²) < 4.78 is 6.47. The number of fused-ring (bicyclic) bond motifs is 1. The van der Waals surface area contributed by atoms with E-state index in [1.165, 1.54) is 23.4 Å². The number of hydrogen-bond donors (Lipinski definition) is 0. The average Bonchev–Trinajstić information content (AvgIpc) is 2.19. The zero-order chi connectivity index (χ0) is 9.10. The Morgan fingerprint density at radius 1 is 1.38 bits per heavy atom. The molecule has 1 aliphatic heterocycles. The second-order valence-electron chi connectivity index (χ2n) is 2.98. The summed E-state index contributed by atoms with van der Waals surface area (Å²) in [5.41, 5.74) is 2.50. The summed E-state index contributed by atoms with van der Waals surface area (Å²) >= 11 is 1.53. The molecule has 0 radical (unpaired) electrons. The summed E-state index contributed by atoms with van der Waals surface area (Å²) in [5, 5.41) is 0. The van der Waals surface area contributed by atoms with Crippen LogP contribution in [-0.4, -0.2) is 12.8 Å². The number of anilines is 1. The maximum Gasteiger partial charge on any atom is 0.0930 e. The third-order valence-corrected chi connectivity index (χ3v) is 2.75. The van der Waals surface area contributed by atoms with E-state index < -0.39 is 0 Å². The number of rotatable bonds is 2. The first kappa shape index (κ1) is 8.63. The molecule has 3 heteroatoms. The first-order valence-electron chi connectivity index (χ1n) is 4.49. The van der Waals surface area contributed by atoms with Crippen molar-refractivity contribution in [1.82, 2.24) is 0 Å². The van der Waals surface area contributed by atoms with Gasteiger partial charge in [0.15, 0.2) is 0 Å². The lowest BCUT2D eigenvalue weighted by molar-refractivity contribution is 0.928. The van der Waals surface area contributed by atoms with Crippen LogP contribution in [0.1, 0.15) is 18.9 Å². The average molecular weight is 192 g/mol. The van der Waals surface area contributed by atoms with Gasteiger partial charge in [0.05, 0.1) is 17.8 Å². The lowest BCUT2D eigenvalue weighted by atomic mass is 10.2. The molecule has 0 saturated carbocycles. The van der Waals surface area contributed by atoms with Gasteiger partial charge in [-0.3, -0.25) is 4.31 Å². The molecule has 2 nitrogen and oxygen atoms in total. The van der Waals surface area contributed by atoms with Crippen molar-refractivity contribution < 1.29 is 0 Å². The molecule has 0 unspecified atom stereocenters. The fourth-order valence-electron chi connectivity index (χ4n) is 1.37. The van der Waals surface area contributed by atoms with Crippen LogP contribution in [0.4, 0.5) is 5.69 Å². The molecule has 0 saturated heterocycles. The van der Waals surface area contributed by atoms with Crippen LogP contribution in [0.25, 0.3) is 0 Å². The fourth-order valence-corrected chi connectivity index (χ4v) is 2.16. The Balaban J connectivity index is 2.32. The Morgan fingerprint density at radius 2 is 2.23 bits per heavy atom. The molecule has 0 bridgehead atoms. The van der Waals surface area contributed by atoms with Crippen molar-refractivity contribution in [3.8, 4) is 0 Å². The Labute approximate surface area is 82.9 Å². The minimum atomic E-state index is 1.05. The van der Waals surface area contributed by atoms with E-state index in [-0.39, 0.29) is 0 Å². The van der Waals surface area contributed by atoms with Crippen LogP contribution < -0.4 is 4.31 Å². The summed E-state index contributed by atoms with van der Waals surface area (Å²) in [7, 11) is 0. The molecule has 0 spiro atoms. The Bertz CT molecular complexity index is 322. The largest absolute Gasteiger partial charge is 0.297 e. The number of benzene rings is 1. The van der Waals surface area contributed by atoms with Gasteiger partial charge in [-0.25, -0.2) is 4.40 Å². The van der Waals surface area contributed by atoms with Gasteiger partial charge in [-0.15, -0.1) is 0 Å². The van der Waals surface area contributed by atoms with Gasteiger partial charge in [0.2, 0.25) is 0 Å². The summed E-state index contributed by atoms with van der Waals surface area (Å²) in [5.74, 6) is 0. The van der Waals surface area contributed by atoms with Crippen LogP contribution in [0, 0.1) is 0 Å². The predicted octanol–water partition coefficient (Wildman–Crippen LogP) is 2.90. The molecule has 0 fully saturated rings. The summed E-state index contributed by atoms with van der Waals surface area (Å²) in [6, 6.07) is 8.36. The second kappa shape index (κ2) is 3.83.